The first-order valence-corrected chi connectivity index (χ1v) is 11.3. The Morgan fingerprint density at radius 2 is 1.83 bits per heavy atom. The number of hydrogen-bond acceptors (Lipinski definition) is 6. The van der Waals surface area contributed by atoms with Crippen molar-refractivity contribution in [2.45, 2.75) is 50.6 Å². The van der Waals surface area contributed by atoms with E-state index in [4.69, 9.17) is 9.47 Å². The van der Waals surface area contributed by atoms with Crippen LogP contribution in [0.5, 0.6) is 11.5 Å². The Labute approximate surface area is 178 Å². The summed E-state index contributed by atoms with van der Waals surface area (Å²) in [6.45, 7) is 5.42. The Bertz CT molecular complexity index is 900. The minimum atomic E-state index is -4.09. The van der Waals surface area contributed by atoms with E-state index in [0.29, 0.717) is 24.2 Å². The summed E-state index contributed by atoms with van der Waals surface area (Å²) in [5.41, 5.74) is 0.582. The van der Waals surface area contributed by atoms with Crippen molar-refractivity contribution in [1.29, 1.82) is 0 Å². The molecule has 0 unspecified atom stereocenters. The molecular weight excluding hydrogens is 410 g/mol. The Balaban J connectivity index is 2.57. The summed E-state index contributed by atoms with van der Waals surface area (Å²) in [6, 6.07) is 1.52. The van der Waals surface area contributed by atoms with Gasteiger partial charge in [-0.05, 0) is 45.2 Å². The second kappa shape index (κ2) is 9.65. The highest BCUT2D eigenvalue weighted by atomic mass is 32.2. The lowest BCUT2D eigenvalue weighted by molar-refractivity contribution is -0.136. The lowest BCUT2D eigenvalue weighted by Crippen LogP contribution is -2.59. The predicted octanol–water partition coefficient (Wildman–Crippen LogP) is 1.05. The first kappa shape index (κ1) is 23.9. The van der Waals surface area contributed by atoms with Crippen LogP contribution in [0, 0.1) is 12.8 Å². The quantitative estimate of drug-likeness (QED) is 0.654. The van der Waals surface area contributed by atoms with E-state index in [1.165, 1.54) is 33.4 Å². The molecule has 9 nitrogen and oxygen atoms in total. The van der Waals surface area contributed by atoms with E-state index in [9.17, 15) is 18.0 Å². The van der Waals surface area contributed by atoms with Crippen molar-refractivity contribution >= 4 is 21.8 Å². The van der Waals surface area contributed by atoms with Crippen LogP contribution in [0.15, 0.2) is 17.0 Å². The van der Waals surface area contributed by atoms with Crippen LogP contribution in [-0.4, -0.2) is 64.4 Å². The number of benzene rings is 1. The maximum absolute atomic E-state index is 13.6. The molecule has 1 aromatic carbocycles. The largest absolute Gasteiger partial charge is 0.493 e. The van der Waals surface area contributed by atoms with E-state index in [0.717, 1.165) is 4.31 Å². The summed E-state index contributed by atoms with van der Waals surface area (Å²) in [5.74, 6) is -0.911. The summed E-state index contributed by atoms with van der Waals surface area (Å²) < 4.78 is 38.9. The van der Waals surface area contributed by atoms with Gasteiger partial charge in [-0.3, -0.25) is 9.59 Å². The number of carbonyl (C=O) groups excluding carboxylic acids is 2. The molecule has 1 fully saturated rings. The smallest absolute Gasteiger partial charge is 0.243 e. The van der Waals surface area contributed by atoms with Crippen molar-refractivity contribution < 1.29 is 27.5 Å². The van der Waals surface area contributed by atoms with Gasteiger partial charge in [-0.25, -0.2) is 8.42 Å². The number of sulfonamides is 1. The number of piperidine rings is 1. The third-order valence-corrected chi connectivity index (χ3v) is 6.97. The van der Waals surface area contributed by atoms with Gasteiger partial charge in [-0.2, -0.15) is 4.31 Å². The molecule has 30 heavy (non-hydrogen) atoms. The Kier molecular flexibility index (Phi) is 7.70. The molecule has 168 valence electrons. The molecule has 0 radical (unpaired) electrons. The van der Waals surface area contributed by atoms with Crippen LogP contribution in [0.4, 0.5) is 0 Å². The third-order valence-electron chi connectivity index (χ3n) is 5.11. The van der Waals surface area contributed by atoms with Gasteiger partial charge in [-0.1, -0.05) is 0 Å². The number of rotatable bonds is 7. The molecule has 0 spiro atoms. The van der Waals surface area contributed by atoms with E-state index in [1.807, 2.05) is 0 Å². The number of nitrogens with zero attached hydrogens (tertiary/aromatic N) is 1. The Hall–Kier alpha value is -2.33. The molecule has 2 amide bonds. The van der Waals surface area contributed by atoms with Crippen LogP contribution in [-0.2, 0) is 19.6 Å². The topological polar surface area (TPSA) is 114 Å². The van der Waals surface area contributed by atoms with Crippen LogP contribution in [0.25, 0.3) is 0 Å². The van der Waals surface area contributed by atoms with E-state index in [-0.39, 0.29) is 29.1 Å². The highest BCUT2D eigenvalue weighted by Gasteiger charge is 2.46. The lowest BCUT2D eigenvalue weighted by Gasteiger charge is -2.38. The van der Waals surface area contributed by atoms with Gasteiger partial charge in [-0.15, -0.1) is 0 Å². The maximum atomic E-state index is 13.6. The van der Waals surface area contributed by atoms with Crippen LogP contribution in [0.3, 0.4) is 0 Å². The van der Waals surface area contributed by atoms with Gasteiger partial charge in [0.05, 0.1) is 25.0 Å². The van der Waals surface area contributed by atoms with E-state index >= 15 is 0 Å². The molecule has 1 heterocycles. The van der Waals surface area contributed by atoms with E-state index in [2.05, 4.69) is 10.6 Å². The summed E-state index contributed by atoms with van der Waals surface area (Å²) in [7, 11) is 0.289. The monoisotopic (exact) mass is 441 g/mol. The van der Waals surface area contributed by atoms with Gasteiger partial charge >= 0.3 is 0 Å². The van der Waals surface area contributed by atoms with Gasteiger partial charge in [0.2, 0.25) is 21.8 Å². The number of nitrogens with one attached hydrogen (secondary N) is 2. The predicted molar refractivity (Wildman–Crippen MR) is 112 cm³/mol. The van der Waals surface area contributed by atoms with Crippen molar-refractivity contribution in [3.8, 4) is 11.5 Å². The molecule has 0 aromatic heterocycles. The maximum Gasteiger partial charge on any atom is 0.243 e. The van der Waals surface area contributed by atoms with Crippen molar-refractivity contribution in [1.82, 2.24) is 14.9 Å². The summed E-state index contributed by atoms with van der Waals surface area (Å²) >= 11 is 0. The third kappa shape index (κ3) is 4.70. The average molecular weight is 442 g/mol. The fourth-order valence-corrected chi connectivity index (χ4v) is 5.55. The molecule has 2 rings (SSSR count). The molecule has 1 aliphatic rings. The minimum Gasteiger partial charge on any atom is -0.493 e. The molecule has 0 saturated carbocycles. The molecule has 2 N–H and O–H groups in total. The number of ether oxygens (including phenoxy) is 2. The number of methoxy groups -OCH3 is 2. The Morgan fingerprint density at radius 3 is 2.37 bits per heavy atom. The second-order valence-corrected chi connectivity index (χ2v) is 9.45. The van der Waals surface area contributed by atoms with Crippen LogP contribution >= 0.6 is 0 Å². The first-order valence-electron chi connectivity index (χ1n) is 9.84. The van der Waals surface area contributed by atoms with Crippen LogP contribution in [0.1, 0.15) is 32.3 Å². The van der Waals surface area contributed by atoms with Crippen LogP contribution < -0.4 is 20.1 Å². The average Bonchev–Trinajstić information content (AvgIpc) is 2.71. The summed E-state index contributed by atoms with van der Waals surface area (Å²) in [5, 5.41) is 5.31. The number of amides is 2. The van der Waals surface area contributed by atoms with Crippen molar-refractivity contribution in [2.75, 3.05) is 27.8 Å². The molecule has 1 saturated heterocycles. The zero-order valence-corrected chi connectivity index (χ0v) is 19.1. The second-order valence-electron chi connectivity index (χ2n) is 7.56. The fraction of sp³-hybridized carbons (Fsp3) is 0.600. The van der Waals surface area contributed by atoms with Gasteiger partial charge in [0.25, 0.3) is 0 Å². The molecule has 0 bridgehead atoms. The van der Waals surface area contributed by atoms with Gasteiger partial charge in [0, 0.05) is 25.7 Å². The standard InChI is InChI=1S/C20H31N3O6S/c1-12(2)22-20(25)17-15(19(24)21-4)8-7-9-23(17)30(26,27)14-10-13(3)18(29-6)16(11-14)28-5/h10-12,15,17H,7-9H2,1-6H3,(H,21,24)(H,22,25)/t15-,17+/m1/s1. The Morgan fingerprint density at radius 1 is 1.17 bits per heavy atom. The van der Waals surface area contributed by atoms with Crippen molar-refractivity contribution in [3.05, 3.63) is 17.7 Å². The fourth-order valence-electron chi connectivity index (χ4n) is 3.78. The molecule has 0 aliphatic carbocycles. The van der Waals surface area contributed by atoms with Crippen molar-refractivity contribution in [3.63, 3.8) is 0 Å². The molecular formula is C20H31N3O6S. The van der Waals surface area contributed by atoms with Crippen LogP contribution in [0.2, 0.25) is 0 Å². The lowest BCUT2D eigenvalue weighted by atomic mass is 9.89. The first-order chi connectivity index (χ1) is 14.1. The molecule has 1 aromatic rings. The zero-order chi connectivity index (χ0) is 22.6. The van der Waals surface area contributed by atoms with E-state index in [1.54, 1.807) is 20.8 Å². The zero-order valence-electron chi connectivity index (χ0n) is 18.3. The molecule has 2 atom stereocenters. The van der Waals surface area contributed by atoms with Gasteiger partial charge in [0.1, 0.15) is 6.04 Å². The normalized spacial score (nSPS) is 20.0. The summed E-state index contributed by atoms with van der Waals surface area (Å²) in [6.07, 6.45) is 0.891. The highest BCUT2D eigenvalue weighted by Crippen LogP contribution is 2.36. The number of hydrogen-bond donors (Lipinski definition) is 2. The molecule has 10 heteroatoms. The van der Waals surface area contributed by atoms with Gasteiger partial charge < -0.3 is 20.1 Å². The van der Waals surface area contributed by atoms with E-state index < -0.39 is 27.9 Å². The number of aryl methyl sites for hydroxylation is 1. The molecule has 1 aliphatic heterocycles. The number of carbonyl (C=O) groups is 2. The summed E-state index contributed by atoms with van der Waals surface area (Å²) in [4.78, 5) is 25.4. The highest BCUT2D eigenvalue weighted by molar-refractivity contribution is 7.89. The van der Waals surface area contributed by atoms with Gasteiger partial charge in [0.15, 0.2) is 11.5 Å². The van der Waals surface area contributed by atoms with Crippen molar-refractivity contribution in [2.24, 2.45) is 5.92 Å². The SMILES string of the molecule is CNC(=O)[C@@H]1CCCN(S(=O)(=O)c2cc(C)c(OC)c(OC)c2)[C@@H]1C(=O)NC(C)C. The minimum absolute atomic E-state index is 0.0162.